The van der Waals surface area contributed by atoms with Gasteiger partial charge in [0.25, 0.3) is 0 Å². The van der Waals surface area contributed by atoms with Gasteiger partial charge in [0.2, 0.25) is 5.91 Å². The van der Waals surface area contributed by atoms with Crippen molar-refractivity contribution >= 4 is 5.91 Å². The maximum Gasteiger partial charge on any atom is 0.234 e. The van der Waals surface area contributed by atoms with Crippen LogP contribution >= 0.6 is 0 Å². The molecule has 1 amide bonds. The molecule has 0 aromatic heterocycles. The van der Waals surface area contributed by atoms with Crippen LogP contribution in [0.2, 0.25) is 0 Å². The second kappa shape index (κ2) is 7.63. The van der Waals surface area contributed by atoms with E-state index in [4.69, 9.17) is 0 Å². The third-order valence-corrected chi connectivity index (χ3v) is 3.16. The summed E-state index contributed by atoms with van der Waals surface area (Å²) < 4.78 is 0. The normalized spacial score (nSPS) is 18.6. The van der Waals surface area contributed by atoms with Crippen LogP contribution in [0, 0.1) is 5.92 Å². The van der Waals surface area contributed by atoms with Crippen molar-refractivity contribution in [1.82, 2.24) is 15.5 Å². The summed E-state index contributed by atoms with van der Waals surface area (Å²) in [5, 5.41) is 5.95. The minimum Gasteiger partial charge on any atom is -0.354 e. The minimum absolute atomic E-state index is 0.104. The van der Waals surface area contributed by atoms with Crippen LogP contribution < -0.4 is 10.6 Å². The van der Waals surface area contributed by atoms with E-state index in [0.29, 0.717) is 6.54 Å². The molecule has 0 radical (unpaired) electrons. The van der Waals surface area contributed by atoms with Crippen LogP contribution in [0.15, 0.2) is 0 Å². The fourth-order valence-corrected chi connectivity index (χ4v) is 1.94. The summed E-state index contributed by atoms with van der Waals surface area (Å²) >= 11 is 0. The van der Waals surface area contributed by atoms with E-state index in [-0.39, 0.29) is 5.91 Å². The molecule has 1 heterocycles. The first-order chi connectivity index (χ1) is 7.72. The summed E-state index contributed by atoms with van der Waals surface area (Å²) in [6, 6.07) is 0. The van der Waals surface area contributed by atoms with Crippen LogP contribution in [-0.2, 0) is 4.79 Å². The maximum atomic E-state index is 11.3. The topological polar surface area (TPSA) is 44.4 Å². The summed E-state index contributed by atoms with van der Waals surface area (Å²) in [6.07, 6.45) is 2.59. The number of likely N-dealkylation sites (tertiary alicyclic amines) is 1. The Morgan fingerprint density at radius 1 is 1.38 bits per heavy atom. The lowest BCUT2D eigenvalue weighted by Crippen LogP contribution is -2.41. The number of hydrogen-bond acceptors (Lipinski definition) is 3. The lowest BCUT2D eigenvalue weighted by molar-refractivity contribution is -0.120. The molecule has 0 bridgehead atoms. The zero-order valence-electron chi connectivity index (χ0n) is 10.6. The molecule has 1 aliphatic rings. The molecule has 0 saturated carbocycles. The standard InChI is InChI=1S/C12H25N3O/c1-3-13-10-12(16)14-6-9-15-7-4-11(2)5-8-15/h11,13H,3-10H2,1-2H3,(H,14,16). The summed E-state index contributed by atoms with van der Waals surface area (Å²) in [6.45, 7) is 9.74. The Hall–Kier alpha value is -0.610. The summed E-state index contributed by atoms with van der Waals surface area (Å²) in [4.78, 5) is 13.7. The van der Waals surface area contributed by atoms with Crippen molar-refractivity contribution in [3.63, 3.8) is 0 Å². The molecular weight excluding hydrogens is 202 g/mol. The zero-order valence-corrected chi connectivity index (χ0v) is 10.6. The highest BCUT2D eigenvalue weighted by molar-refractivity contribution is 5.77. The number of amides is 1. The third-order valence-electron chi connectivity index (χ3n) is 3.16. The Kier molecular flexibility index (Phi) is 6.42. The van der Waals surface area contributed by atoms with Gasteiger partial charge in [-0.1, -0.05) is 13.8 Å². The number of carbonyl (C=O) groups is 1. The average molecular weight is 227 g/mol. The third kappa shape index (κ3) is 5.47. The lowest BCUT2D eigenvalue weighted by atomic mass is 9.99. The van der Waals surface area contributed by atoms with Crippen molar-refractivity contribution < 1.29 is 4.79 Å². The molecule has 1 rings (SSSR count). The van der Waals surface area contributed by atoms with E-state index < -0.39 is 0 Å². The average Bonchev–Trinajstić information content (AvgIpc) is 2.29. The SMILES string of the molecule is CCNCC(=O)NCCN1CCC(C)CC1. The number of carbonyl (C=O) groups excluding carboxylic acids is 1. The highest BCUT2D eigenvalue weighted by atomic mass is 16.1. The monoisotopic (exact) mass is 227 g/mol. The van der Waals surface area contributed by atoms with E-state index in [9.17, 15) is 4.79 Å². The molecule has 0 atom stereocenters. The van der Waals surface area contributed by atoms with Crippen LogP contribution in [0.3, 0.4) is 0 Å². The number of nitrogens with one attached hydrogen (secondary N) is 2. The van der Waals surface area contributed by atoms with Crippen molar-refractivity contribution in [1.29, 1.82) is 0 Å². The van der Waals surface area contributed by atoms with E-state index >= 15 is 0 Å². The van der Waals surface area contributed by atoms with Gasteiger partial charge >= 0.3 is 0 Å². The van der Waals surface area contributed by atoms with Crippen molar-refractivity contribution in [2.45, 2.75) is 26.7 Å². The molecule has 1 fully saturated rings. The molecule has 1 aliphatic heterocycles. The molecule has 4 heteroatoms. The molecule has 4 nitrogen and oxygen atoms in total. The van der Waals surface area contributed by atoms with Gasteiger partial charge in [-0.15, -0.1) is 0 Å². The lowest BCUT2D eigenvalue weighted by Gasteiger charge is -2.30. The highest BCUT2D eigenvalue weighted by Gasteiger charge is 2.14. The van der Waals surface area contributed by atoms with Crippen molar-refractivity contribution in [2.75, 3.05) is 39.3 Å². The molecule has 2 N–H and O–H groups in total. The van der Waals surface area contributed by atoms with E-state index in [2.05, 4.69) is 22.5 Å². The molecule has 0 spiro atoms. The van der Waals surface area contributed by atoms with E-state index in [1.165, 1.54) is 25.9 Å². The number of nitrogens with zero attached hydrogens (tertiary/aromatic N) is 1. The van der Waals surface area contributed by atoms with Crippen molar-refractivity contribution in [2.24, 2.45) is 5.92 Å². The van der Waals surface area contributed by atoms with Crippen LogP contribution in [0.25, 0.3) is 0 Å². The van der Waals surface area contributed by atoms with E-state index in [1.807, 2.05) is 6.92 Å². The Balaban J connectivity index is 2.00. The van der Waals surface area contributed by atoms with Gasteiger partial charge in [0.05, 0.1) is 6.54 Å². The van der Waals surface area contributed by atoms with Crippen molar-refractivity contribution in [3.05, 3.63) is 0 Å². The van der Waals surface area contributed by atoms with Crippen LogP contribution in [-0.4, -0.2) is 50.1 Å². The van der Waals surface area contributed by atoms with E-state index in [0.717, 1.165) is 25.6 Å². The van der Waals surface area contributed by atoms with Crippen LogP contribution in [0.4, 0.5) is 0 Å². The van der Waals surface area contributed by atoms with Gasteiger partial charge in [-0.3, -0.25) is 4.79 Å². The van der Waals surface area contributed by atoms with Gasteiger partial charge in [0.15, 0.2) is 0 Å². The number of rotatable bonds is 6. The largest absolute Gasteiger partial charge is 0.354 e. The van der Waals surface area contributed by atoms with Gasteiger partial charge in [0, 0.05) is 13.1 Å². The molecule has 94 valence electrons. The summed E-state index contributed by atoms with van der Waals surface area (Å²) in [5.41, 5.74) is 0. The van der Waals surface area contributed by atoms with Crippen LogP contribution in [0.5, 0.6) is 0 Å². The van der Waals surface area contributed by atoms with Gasteiger partial charge < -0.3 is 15.5 Å². The van der Waals surface area contributed by atoms with Gasteiger partial charge in [-0.2, -0.15) is 0 Å². The number of hydrogen-bond donors (Lipinski definition) is 2. The molecule has 0 aliphatic carbocycles. The second-order valence-electron chi connectivity index (χ2n) is 4.65. The molecular formula is C12H25N3O. The molecule has 0 aromatic carbocycles. The van der Waals surface area contributed by atoms with Gasteiger partial charge in [-0.05, 0) is 38.4 Å². The van der Waals surface area contributed by atoms with Gasteiger partial charge in [0.1, 0.15) is 0 Å². The second-order valence-corrected chi connectivity index (χ2v) is 4.65. The molecule has 16 heavy (non-hydrogen) atoms. The quantitative estimate of drug-likeness (QED) is 0.692. The summed E-state index contributed by atoms with van der Waals surface area (Å²) in [7, 11) is 0. The fourth-order valence-electron chi connectivity index (χ4n) is 1.94. The Labute approximate surface area is 98.8 Å². The number of piperidine rings is 1. The molecule has 0 unspecified atom stereocenters. The van der Waals surface area contributed by atoms with Crippen molar-refractivity contribution in [3.8, 4) is 0 Å². The Bertz CT molecular complexity index is 200. The Morgan fingerprint density at radius 3 is 2.69 bits per heavy atom. The predicted octanol–water partition coefficient (Wildman–Crippen LogP) is 0.444. The first-order valence-corrected chi connectivity index (χ1v) is 6.42. The highest BCUT2D eigenvalue weighted by Crippen LogP contribution is 2.14. The number of likely N-dealkylation sites (N-methyl/N-ethyl adjacent to an activating group) is 1. The predicted molar refractivity (Wildman–Crippen MR) is 66.4 cm³/mol. The zero-order chi connectivity index (χ0) is 11.8. The Morgan fingerprint density at radius 2 is 2.06 bits per heavy atom. The minimum atomic E-state index is 0.104. The molecule has 1 saturated heterocycles. The first-order valence-electron chi connectivity index (χ1n) is 6.42. The van der Waals surface area contributed by atoms with Crippen LogP contribution in [0.1, 0.15) is 26.7 Å². The fraction of sp³-hybridized carbons (Fsp3) is 0.917. The van der Waals surface area contributed by atoms with E-state index in [1.54, 1.807) is 0 Å². The molecule has 0 aromatic rings. The first kappa shape index (κ1) is 13.5. The van der Waals surface area contributed by atoms with Gasteiger partial charge in [-0.25, -0.2) is 0 Å². The summed E-state index contributed by atoms with van der Waals surface area (Å²) in [5.74, 6) is 0.979. The maximum absolute atomic E-state index is 11.3. The smallest absolute Gasteiger partial charge is 0.234 e.